The van der Waals surface area contributed by atoms with Gasteiger partial charge in [-0.3, -0.25) is 14.5 Å². The Bertz CT molecular complexity index is 791. The van der Waals surface area contributed by atoms with Crippen molar-refractivity contribution in [2.45, 2.75) is 25.3 Å². The molecule has 0 bridgehead atoms. The van der Waals surface area contributed by atoms with E-state index >= 15 is 0 Å². The van der Waals surface area contributed by atoms with E-state index in [1.165, 1.54) is 11.8 Å². The first kappa shape index (κ1) is 19.3. The van der Waals surface area contributed by atoms with Gasteiger partial charge in [-0.25, -0.2) is 0 Å². The van der Waals surface area contributed by atoms with Crippen LogP contribution in [0.1, 0.15) is 28.8 Å². The first-order chi connectivity index (χ1) is 13.2. The molecule has 1 atom stereocenters. The van der Waals surface area contributed by atoms with Crippen molar-refractivity contribution in [1.29, 1.82) is 0 Å². The van der Waals surface area contributed by atoms with E-state index in [9.17, 15) is 14.7 Å². The Morgan fingerprint density at radius 2 is 1.96 bits per heavy atom. The number of rotatable bonds is 7. The molecule has 6 heteroatoms. The van der Waals surface area contributed by atoms with Crippen LogP contribution in [0.2, 0.25) is 0 Å². The number of hydrogen-bond donors (Lipinski definition) is 2. The Kier molecular flexibility index (Phi) is 6.79. The minimum atomic E-state index is -0.355. The van der Waals surface area contributed by atoms with Crippen molar-refractivity contribution in [2.75, 3.05) is 32.8 Å². The van der Waals surface area contributed by atoms with Crippen LogP contribution in [-0.4, -0.2) is 64.6 Å². The monoisotopic (exact) mass is 369 g/mol. The van der Waals surface area contributed by atoms with Crippen LogP contribution in [0.5, 0.6) is 0 Å². The molecule has 1 fully saturated rings. The van der Waals surface area contributed by atoms with E-state index in [0.29, 0.717) is 19.5 Å². The summed E-state index contributed by atoms with van der Waals surface area (Å²) >= 11 is 0. The standard InChI is InChI=1S/C21H27N3O3/c25-15-10-18-16-24(21(27)19-9-4-11-22-20(19)26)14-13-23(18)12-5-8-17-6-2-1-3-7-17/h1-4,6-7,9,11,18,25H,5,8,10,12-16H2,(H,22,26)/t18-/m0/s1. The lowest BCUT2D eigenvalue weighted by Gasteiger charge is -2.41. The average molecular weight is 369 g/mol. The SMILES string of the molecule is O=C(c1ccc[nH]c1=O)N1CCN(CCCc2ccccc2)[C@@H](CCO)C1. The number of benzene rings is 1. The molecule has 1 aromatic heterocycles. The van der Waals surface area contributed by atoms with Gasteiger partial charge in [-0.2, -0.15) is 0 Å². The number of aliphatic hydroxyl groups excluding tert-OH is 1. The summed E-state index contributed by atoms with van der Waals surface area (Å²) in [7, 11) is 0. The molecule has 144 valence electrons. The second-order valence-electron chi connectivity index (χ2n) is 6.96. The molecule has 0 radical (unpaired) electrons. The van der Waals surface area contributed by atoms with Gasteiger partial charge in [-0.15, -0.1) is 0 Å². The zero-order valence-electron chi connectivity index (χ0n) is 15.5. The second-order valence-corrected chi connectivity index (χ2v) is 6.96. The minimum absolute atomic E-state index is 0.0911. The number of piperazine rings is 1. The van der Waals surface area contributed by atoms with E-state index in [4.69, 9.17) is 0 Å². The van der Waals surface area contributed by atoms with Crippen LogP contribution in [0.4, 0.5) is 0 Å². The summed E-state index contributed by atoms with van der Waals surface area (Å²) < 4.78 is 0. The number of carbonyl (C=O) groups is 1. The molecule has 0 unspecified atom stereocenters. The highest BCUT2D eigenvalue weighted by atomic mass is 16.3. The van der Waals surface area contributed by atoms with Crippen LogP contribution < -0.4 is 5.56 Å². The molecule has 1 amide bonds. The van der Waals surface area contributed by atoms with E-state index < -0.39 is 0 Å². The molecule has 0 saturated carbocycles. The number of aliphatic hydroxyl groups is 1. The van der Waals surface area contributed by atoms with Gasteiger partial charge in [0.25, 0.3) is 11.5 Å². The molecule has 2 aromatic rings. The van der Waals surface area contributed by atoms with Gasteiger partial charge in [-0.1, -0.05) is 30.3 Å². The molecule has 2 N–H and O–H groups in total. The van der Waals surface area contributed by atoms with Gasteiger partial charge < -0.3 is 15.0 Å². The van der Waals surface area contributed by atoms with E-state index in [0.717, 1.165) is 25.9 Å². The van der Waals surface area contributed by atoms with Gasteiger partial charge in [0.2, 0.25) is 0 Å². The summed E-state index contributed by atoms with van der Waals surface area (Å²) in [6, 6.07) is 13.8. The molecule has 1 aromatic carbocycles. The number of H-pyrrole nitrogens is 1. The molecule has 27 heavy (non-hydrogen) atoms. The van der Waals surface area contributed by atoms with Crippen molar-refractivity contribution in [2.24, 2.45) is 0 Å². The highest BCUT2D eigenvalue weighted by Gasteiger charge is 2.30. The van der Waals surface area contributed by atoms with Gasteiger partial charge in [0.05, 0.1) is 0 Å². The fourth-order valence-corrected chi connectivity index (χ4v) is 3.69. The highest BCUT2D eigenvalue weighted by Crippen LogP contribution is 2.16. The predicted octanol–water partition coefficient (Wildman–Crippen LogP) is 1.52. The van der Waals surface area contributed by atoms with Gasteiger partial charge in [-0.05, 0) is 43.5 Å². The molecule has 2 heterocycles. The molecule has 0 spiro atoms. The van der Waals surface area contributed by atoms with E-state index in [1.54, 1.807) is 17.0 Å². The Hall–Kier alpha value is -2.44. The van der Waals surface area contributed by atoms with E-state index in [-0.39, 0.29) is 29.7 Å². The summed E-state index contributed by atoms with van der Waals surface area (Å²) in [6.45, 7) is 2.93. The van der Waals surface area contributed by atoms with Crippen molar-refractivity contribution in [3.63, 3.8) is 0 Å². The molecule has 0 aliphatic carbocycles. The number of nitrogens with one attached hydrogen (secondary N) is 1. The number of aromatic nitrogens is 1. The highest BCUT2D eigenvalue weighted by molar-refractivity contribution is 5.93. The third-order valence-corrected chi connectivity index (χ3v) is 5.16. The average Bonchev–Trinajstić information content (AvgIpc) is 2.70. The van der Waals surface area contributed by atoms with E-state index in [1.807, 2.05) is 6.07 Å². The largest absolute Gasteiger partial charge is 0.396 e. The van der Waals surface area contributed by atoms with Crippen LogP contribution in [0, 0.1) is 0 Å². The topological polar surface area (TPSA) is 76.6 Å². The van der Waals surface area contributed by atoms with Crippen molar-refractivity contribution in [1.82, 2.24) is 14.8 Å². The predicted molar refractivity (Wildman–Crippen MR) is 105 cm³/mol. The number of amides is 1. The molecule has 1 aliphatic rings. The summed E-state index contributed by atoms with van der Waals surface area (Å²) in [5, 5.41) is 9.44. The van der Waals surface area contributed by atoms with Crippen LogP contribution >= 0.6 is 0 Å². The smallest absolute Gasteiger partial charge is 0.260 e. The second kappa shape index (κ2) is 9.48. The molecule has 6 nitrogen and oxygen atoms in total. The first-order valence-corrected chi connectivity index (χ1v) is 9.55. The Morgan fingerprint density at radius 1 is 1.15 bits per heavy atom. The molecule has 3 rings (SSSR count). The van der Waals surface area contributed by atoms with Crippen LogP contribution in [0.25, 0.3) is 0 Å². The van der Waals surface area contributed by atoms with Crippen LogP contribution in [0.3, 0.4) is 0 Å². The first-order valence-electron chi connectivity index (χ1n) is 9.55. The third kappa shape index (κ3) is 5.05. The lowest BCUT2D eigenvalue weighted by molar-refractivity contribution is 0.0417. The van der Waals surface area contributed by atoms with Crippen molar-refractivity contribution < 1.29 is 9.90 Å². The van der Waals surface area contributed by atoms with Crippen molar-refractivity contribution in [3.8, 4) is 0 Å². The molecule has 1 aliphatic heterocycles. The van der Waals surface area contributed by atoms with Crippen molar-refractivity contribution >= 4 is 5.91 Å². The molecule has 1 saturated heterocycles. The third-order valence-electron chi connectivity index (χ3n) is 5.16. The van der Waals surface area contributed by atoms with Gasteiger partial charge >= 0.3 is 0 Å². The Morgan fingerprint density at radius 3 is 2.70 bits per heavy atom. The lowest BCUT2D eigenvalue weighted by Crippen LogP contribution is -2.55. The zero-order chi connectivity index (χ0) is 19.1. The van der Waals surface area contributed by atoms with Crippen LogP contribution in [0.15, 0.2) is 53.5 Å². The molecular weight excluding hydrogens is 342 g/mol. The zero-order valence-corrected chi connectivity index (χ0v) is 15.5. The number of pyridine rings is 1. The fourth-order valence-electron chi connectivity index (χ4n) is 3.69. The number of aromatic amines is 1. The quantitative estimate of drug-likeness (QED) is 0.776. The maximum atomic E-state index is 12.7. The number of nitrogens with zero attached hydrogens (tertiary/aromatic N) is 2. The fraction of sp³-hybridized carbons (Fsp3) is 0.429. The maximum absolute atomic E-state index is 12.7. The summed E-state index contributed by atoms with van der Waals surface area (Å²) in [5.41, 5.74) is 1.15. The van der Waals surface area contributed by atoms with Crippen LogP contribution in [-0.2, 0) is 6.42 Å². The van der Waals surface area contributed by atoms with E-state index in [2.05, 4.69) is 34.1 Å². The normalized spacial score (nSPS) is 17.8. The summed E-state index contributed by atoms with van der Waals surface area (Å²) in [6.07, 6.45) is 4.21. The lowest BCUT2D eigenvalue weighted by atomic mass is 10.1. The van der Waals surface area contributed by atoms with Crippen molar-refractivity contribution in [3.05, 3.63) is 70.1 Å². The summed E-state index contributed by atoms with van der Waals surface area (Å²) in [4.78, 5) is 31.2. The Balaban J connectivity index is 1.58. The molecular formula is C21H27N3O3. The Labute approximate surface area is 159 Å². The van der Waals surface area contributed by atoms with Gasteiger partial charge in [0.15, 0.2) is 0 Å². The summed E-state index contributed by atoms with van der Waals surface area (Å²) in [5.74, 6) is -0.233. The maximum Gasteiger partial charge on any atom is 0.260 e. The number of aryl methyl sites for hydroxylation is 1. The van der Waals surface area contributed by atoms with Gasteiger partial charge in [0, 0.05) is 38.5 Å². The number of carbonyl (C=O) groups excluding carboxylic acids is 1. The van der Waals surface area contributed by atoms with Gasteiger partial charge in [0.1, 0.15) is 5.56 Å². The number of hydrogen-bond acceptors (Lipinski definition) is 4. The minimum Gasteiger partial charge on any atom is -0.396 e.